The minimum Gasteiger partial charge on any atom is -0.490 e. The van der Waals surface area contributed by atoms with Crippen LogP contribution in [0.15, 0.2) is 41.3 Å². The lowest BCUT2D eigenvalue weighted by molar-refractivity contribution is -0.150. The Kier molecular flexibility index (Phi) is 8.84. The Hall–Kier alpha value is -2.56. The molecule has 0 spiro atoms. The highest BCUT2D eigenvalue weighted by atomic mass is 35.5. The standard InChI is InChI=1S/C24H25ClF2O7S/c1-2-3-11-33-12-10-19(28)20(24(29)30)16-13-34-22-18(27)9-8-17(26)21(22)23(16)35(31,32)15-6-4-14(25)5-7-15/h4-9,16,20,23H,2-3,10-13H2,1H3,(H,29,30). The summed E-state index contributed by atoms with van der Waals surface area (Å²) in [7, 11) is -4.52. The molecule has 0 amide bonds. The van der Waals surface area contributed by atoms with Gasteiger partial charge in [-0.2, -0.15) is 0 Å². The van der Waals surface area contributed by atoms with Crippen LogP contribution < -0.4 is 4.74 Å². The van der Waals surface area contributed by atoms with Crippen LogP contribution in [0.25, 0.3) is 0 Å². The Bertz CT molecular complexity index is 1190. The molecule has 1 aliphatic heterocycles. The molecule has 7 nitrogen and oxygen atoms in total. The maximum atomic E-state index is 15.0. The van der Waals surface area contributed by atoms with Crippen LogP contribution >= 0.6 is 11.6 Å². The molecule has 0 bridgehead atoms. The molecule has 35 heavy (non-hydrogen) atoms. The Morgan fingerprint density at radius 1 is 1.14 bits per heavy atom. The molecule has 0 aromatic heterocycles. The molecule has 11 heteroatoms. The molecular formula is C24H25ClF2O7S. The van der Waals surface area contributed by atoms with E-state index >= 15 is 0 Å². The average Bonchev–Trinajstić information content (AvgIpc) is 2.81. The summed E-state index contributed by atoms with van der Waals surface area (Å²) in [5, 5.41) is 8.25. The van der Waals surface area contributed by atoms with Crippen molar-refractivity contribution in [2.45, 2.75) is 36.3 Å². The topological polar surface area (TPSA) is 107 Å². The van der Waals surface area contributed by atoms with Crippen LogP contribution in [0.3, 0.4) is 0 Å². The Morgan fingerprint density at radius 2 is 1.80 bits per heavy atom. The fraction of sp³-hybridized carbons (Fsp3) is 0.417. The van der Waals surface area contributed by atoms with Crippen LogP contribution in [-0.2, 0) is 24.2 Å². The van der Waals surface area contributed by atoms with Crippen molar-refractivity contribution in [3.05, 3.63) is 58.6 Å². The number of carboxylic acid groups (broad SMARTS) is 1. The summed E-state index contributed by atoms with van der Waals surface area (Å²) in [6, 6.07) is 6.50. The number of sulfone groups is 1. The molecule has 1 heterocycles. The first-order valence-electron chi connectivity index (χ1n) is 11.0. The van der Waals surface area contributed by atoms with E-state index in [0.29, 0.717) is 6.61 Å². The molecule has 190 valence electrons. The molecule has 2 aromatic rings. The molecule has 0 saturated heterocycles. The third-order valence-electron chi connectivity index (χ3n) is 5.84. The molecule has 3 rings (SSSR count). The van der Waals surface area contributed by atoms with Crippen molar-refractivity contribution in [1.29, 1.82) is 0 Å². The second-order valence-corrected chi connectivity index (χ2v) is 10.7. The summed E-state index contributed by atoms with van der Waals surface area (Å²) in [5.41, 5.74) is -0.644. The van der Waals surface area contributed by atoms with E-state index in [0.717, 1.165) is 25.0 Å². The van der Waals surface area contributed by atoms with Crippen molar-refractivity contribution in [2.24, 2.45) is 11.8 Å². The van der Waals surface area contributed by atoms with Gasteiger partial charge in [-0.25, -0.2) is 17.2 Å². The van der Waals surface area contributed by atoms with Crippen LogP contribution in [0, 0.1) is 23.5 Å². The van der Waals surface area contributed by atoms with Crippen LogP contribution in [0.2, 0.25) is 5.02 Å². The molecule has 1 N–H and O–H groups in total. The third kappa shape index (κ3) is 5.82. The van der Waals surface area contributed by atoms with Crippen molar-refractivity contribution in [3.8, 4) is 5.75 Å². The third-order valence-corrected chi connectivity index (χ3v) is 8.28. The second kappa shape index (κ2) is 11.5. The fourth-order valence-corrected chi connectivity index (χ4v) is 6.27. The Balaban J connectivity index is 2.07. The fourth-order valence-electron chi connectivity index (χ4n) is 4.11. The number of hydrogen-bond donors (Lipinski definition) is 1. The molecule has 0 aliphatic carbocycles. The lowest BCUT2D eigenvalue weighted by atomic mass is 9.81. The van der Waals surface area contributed by atoms with Crippen LogP contribution in [0.5, 0.6) is 5.75 Å². The van der Waals surface area contributed by atoms with E-state index in [1.165, 1.54) is 24.3 Å². The number of ether oxygens (including phenoxy) is 2. The van der Waals surface area contributed by atoms with Crippen molar-refractivity contribution >= 4 is 33.2 Å². The van der Waals surface area contributed by atoms with Gasteiger partial charge in [-0.15, -0.1) is 0 Å². The number of aliphatic carboxylic acids is 1. The number of fused-ring (bicyclic) bond motifs is 1. The lowest BCUT2D eigenvalue weighted by Gasteiger charge is -2.36. The van der Waals surface area contributed by atoms with E-state index in [9.17, 15) is 31.9 Å². The minimum absolute atomic E-state index is 0.0512. The number of halogens is 3. The van der Waals surface area contributed by atoms with E-state index in [4.69, 9.17) is 21.1 Å². The van der Waals surface area contributed by atoms with Gasteiger partial charge in [-0.1, -0.05) is 24.9 Å². The summed E-state index contributed by atoms with van der Waals surface area (Å²) in [5.74, 6) is -8.48. The van der Waals surface area contributed by atoms with E-state index < -0.39 is 68.2 Å². The number of carbonyl (C=O) groups is 2. The number of rotatable bonds is 11. The summed E-state index contributed by atoms with van der Waals surface area (Å²) >= 11 is 5.86. The summed E-state index contributed by atoms with van der Waals surface area (Å²) in [6.07, 6.45) is 1.34. The van der Waals surface area contributed by atoms with Gasteiger partial charge in [0.2, 0.25) is 0 Å². The van der Waals surface area contributed by atoms with Crippen LogP contribution in [-0.4, -0.2) is 45.1 Å². The van der Waals surface area contributed by atoms with Crippen molar-refractivity contribution in [3.63, 3.8) is 0 Å². The maximum absolute atomic E-state index is 15.0. The highest BCUT2D eigenvalue weighted by Gasteiger charge is 2.50. The molecule has 1 aliphatic rings. The minimum atomic E-state index is -4.52. The summed E-state index contributed by atoms with van der Waals surface area (Å²) < 4.78 is 67.5. The molecule has 0 fully saturated rings. The number of benzene rings is 2. The zero-order valence-electron chi connectivity index (χ0n) is 18.9. The van der Waals surface area contributed by atoms with Crippen LogP contribution in [0.4, 0.5) is 8.78 Å². The maximum Gasteiger partial charge on any atom is 0.314 e. The van der Waals surface area contributed by atoms with Gasteiger partial charge in [0, 0.05) is 24.0 Å². The van der Waals surface area contributed by atoms with E-state index in [2.05, 4.69) is 0 Å². The number of carbonyl (C=O) groups excluding carboxylic acids is 1. The largest absolute Gasteiger partial charge is 0.490 e. The number of Topliss-reactive ketones (excluding diaryl/α,β-unsaturated/α-hetero) is 1. The highest BCUT2D eigenvalue weighted by Crippen LogP contribution is 2.48. The second-order valence-electron chi connectivity index (χ2n) is 8.16. The highest BCUT2D eigenvalue weighted by molar-refractivity contribution is 7.91. The van der Waals surface area contributed by atoms with Crippen molar-refractivity contribution < 1.29 is 41.4 Å². The molecule has 0 saturated carbocycles. The molecule has 2 aromatic carbocycles. The van der Waals surface area contributed by atoms with Gasteiger partial charge >= 0.3 is 5.97 Å². The van der Waals surface area contributed by atoms with Gasteiger partial charge < -0.3 is 14.6 Å². The van der Waals surface area contributed by atoms with E-state index in [-0.39, 0.29) is 22.9 Å². The van der Waals surface area contributed by atoms with Crippen molar-refractivity contribution in [1.82, 2.24) is 0 Å². The zero-order chi connectivity index (χ0) is 25.8. The van der Waals surface area contributed by atoms with Gasteiger partial charge in [0.25, 0.3) is 0 Å². The Morgan fingerprint density at radius 3 is 2.43 bits per heavy atom. The predicted molar refractivity (Wildman–Crippen MR) is 123 cm³/mol. The molecular weight excluding hydrogens is 506 g/mol. The van der Waals surface area contributed by atoms with Gasteiger partial charge in [-0.3, -0.25) is 9.59 Å². The first-order chi connectivity index (χ1) is 16.6. The van der Waals surface area contributed by atoms with Gasteiger partial charge in [0.1, 0.15) is 22.8 Å². The molecule has 0 radical (unpaired) electrons. The number of ketones is 1. The summed E-state index contributed by atoms with van der Waals surface area (Å²) in [4.78, 5) is 24.8. The van der Waals surface area contributed by atoms with Gasteiger partial charge in [0.15, 0.2) is 21.4 Å². The predicted octanol–water partition coefficient (Wildman–Crippen LogP) is 4.62. The Labute approximate surface area is 206 Å². The number of hydrogen-bond acceptors (Lipinski definition) is 6. The first-order valence-corrected chi connectivity index (χ1v) is 13.0. The van der Waals surface area contributed by atoms with Crippen LogP contribution in [0.1, 0.15) is 37.0 Å². The number of unbranched alkanes of at least 4 members (excludes halogenated alkanes) is 1. The van der Waals surface area contributed by atoms with Gasteiger partial charge in [-0.05, 0) is 42.8 Å². The SMILES string of the molecule is CCCCOCCC(=O)C(C(=O)O)C1COc2c(F)ccc(F)c2C1S(=O)(=O)c1ccc(Cl)cc1. The number of carboxylic acids is 1. The smallest absolute Gasteiger partial charge is 0.314 e. The average molecular weight is 531 g/mol. The molecule has 3 unspecified atom stereocenters. The normalized spacial score (nSPS) is 18.4. The van der Waals surface area contributed by atoms with E-state index in [1.54, 1.807) is 0 Å². The molecule has 3 atom stereocenters. The first kappa shape index (κ1) is 27.0. The van der Waals surface area contributed by atoms with E-state index in [1.807, 2.05) is 6.92 Å². The summed E-state index contributed by atoms with van der Waals surface area (Å²) in [6.45, 7) is 1.67. The monoisotopic (exact) mass is 530 g/mol. The zero-order valence-corrected chi connectivity index (χ0v) is 20.5. The van der Waals surface area contributed by atoms with Crippen molar-refractivity contribution in [2.75, 3.05) is 19.8 Å². The quantitative estimate of drug-likeness (QED) is 0.334. The van der Waals surface area contributed by atoms with Gasteiger partial charge in [0.05, 0.1) is 23.7 Å². The lowest BCUT2D eigenvalue weighted by Crippen LogP contribution is -2.43.